The quantitative estimate of drug-likeness (QED) is 0.651. The molecule has 0 bridgehead atoms. The van der Waals surface area contributed by atoms with Crippen molar-refractivity contribution in [2.45, 2.75) is 26.3 Å². The molecule has 0 aliphatic carbocycles. The zero-order valence-corrected chi connectivity index (χ0v) is 16.9. The summed E-state index contributed by atoms with van der Waals surface area (Å²) in [5, 5.41) is 13.2. The minimum absolute atomic E-state index is 0. The second-order valence-electron chi connectivity index (χ2n) is 6.43. The van der Waals surface area contributed by atoms with Gasteiger partial charge in [0.2, 0.25) is 5.91 Å². The molecule has 0 unspecified atom stereocenters. The van der Waals surface area contributed by atoms with Crippen LogP contribution in [0.15, 0.2) is 24.3 Å². The number of rotatable bonds is 7. The van der Waals surface area contributed by atoms with E-state index in [0.29, 0.717) is 30.2 Å². The number of hydrogen-bond acceptors (Lipinski definition) is 5. The summed E-state index contributed by atoms with van der Waals surface area (Å²) in [6.07, 6.45) is 1.57. The van der Waals surface area contributed by atoms with Crippen LogP contribution in [0.4, 0.5) is 5.69 Å². The molecule has 2 amide bonds. The lowest BCUT2D eigenvalue weighted by atomic mass is 10.1. The van der Waals surface area contributed by atoms with E-state index >= 15 is 0 Å². The lowest BCUT2D eigenvalue weighted by Gasteiger charge is -2.22. The van der Waals surface area contributed by atoms with E-state index in [0.717, 1.165) is 30.6 Å². The Labute approximate surface area is 170 Å². The molecule has 0 radical (unpaired) electrons. The normalized spacial score (nSPS) is 12.5. The fourth-order valence-corrected chi connectivity index (χ4v) is 3.19. The van der Waals surface area contributed by atoms with Crippen LogP contribution >= 0.6 is 12.4 Å². The zero-order chi connectivity index (χ0) is 19.2. The predicted octanol–water partition coefficient (Wildman–Crippen LogP) is 1.98. The van der Waals surface area contributed by atoms with Gasteiger partial charge in [0.05, 0.1) is 12.8 Å². The smallest absolute Gasteiger partial charge is 0.275 e. The molecule has 0 spiro atoms. The lowest BCUT2D eigenvalue weighted by Crippen LogP contribution is -2.39. The van der Waals surface area contributed by atoms with Crippen molar-refractivity contribution in [2.24, 2.45) is 0 Å². The SMILES string of the molecule is CCCN(CC(=O)Nc1ccccc1OC)C(=O)c1n[nH]c2c1CNCC2.Cl. The largest absolute Gasteiger partial charge is 0.495 e. The van der Waals surface area contributed by atoms with Gasteiger partial charge in [0.1, 0.15) is 12.3 Å². The number of benzene rings is 1. The maximum Gasteiger partial charge on any atom is 0.275 e. The molecule has 0 fully saturated rings. The Bertz CT molecular complexity index is 824. The van der Waals surface area contributed by atoms with Gasteiger partial charge in [0, 0.05) is 37.3 Å². The number of carbonyl (C=O) groups excluding carboxylic acids is 2. The number of H-pyrrole nitrogens is 1. The monoisotopic (exact) mass is 407 g/mol. The number of halogens is 1. The van der Waals surface area contributed by atoms with Crippen LogP contribution in [0, 0.1) is 0 Å². The number of fused-ring (bicyclic) bond motifs is 1. The second-order valence-corrected chi connectivity index (χ2v) is 6.43. The Hall–Kier alpha value is -2.58. The van der Waals surface area contributed by atoms with E-state index in [9.17, 15) is 9.59 Å². The molecule has 2 aromatic rings. The third-order valence-corrected chi connectivity index (χ3v) is 4.51. The number of hydrogen-bond donors (Lipinski definition) is 3. The molecule has 152 valence electrons. The van der Waals surface area contributed by atoms with Crippen molar-refractivity contribution in [3.63, 3.8) is 0 Å². The van der Waals surface area contributed by atoms with Crippen molar-refractivity contribution in [3.05, 3.63) is 41.2 Å². The van der Waals surface area contributed by atoms with Gasteiger partial charge < -0.3 is 20.3 Å². The van der Waals surface area contributed by atoms with E-state index in [4.69, 9.17) is 4.74 Å². The number of nitrogens with zero attached hydrogens (tertiary/aromatic N) is 2. The first-order valence-electron chi connectivity index (χ1n) is 9.13. The van der Waals surface area contributed by atoms with Gasteiger partial charge in [0.25, 0.3) is 5.91 Å². The summed E-state index contributed by atoms with van der Waals surface area (Å²) in [6, 6.07) is 7.18. The molecule has 1 aliphatic heterocycles. The molecule has 1 aliphatic rings. The third kappa shape index (κ3) is 4.82. The Morgan fingerprint density at radius 1 is 1.32 bits per heavy atom. The van der Waals surface area contributed by atoms with Crippen molar-refractivity contribution < 1.29 is 14.3 Å². The summed E-state index contributed by atoms with van der Waals surface area (Å²) in [6.45, 7) is 3.89. The average Bonchev–Trinajstić information content (AvgIpc) is 3.11. The number of amides is 2. The number of methoxy groups -OCH3 is 1. The summed E-state index contributed by atoms with van der Waals surface area (Å²) in [4.78, 5) is 27.1. The number of carbonyl (C=O) groups is 2. The van der Waals surface area contributed by atoms with Gasteiger partial charge in [-0.15, -0.1) is 12.4 Å². The topological polar surface area (TPSA) is 99.3 Å². The summed E-state index contributed by atoms with van der Waals surface area (Å²) in [5.74, 6) is 0.0729. The van der Waals surface area contributed by atoms with E-state index in [1.807, 2.05) is 19.1 Å². The van der Waals surface area contributed by atoms with Crippen LogP contribution in [-0.2, 0) is 17.8 Å². The Morgan fingerprint density at radius 3 is 2.86 bits per heavy atom. The molecule has 8 nitrogen and oxygen atoms in total. The van der Waals surface area contributed by atoms with Crippen LogP contribution in [0.25, 0.3) is 0 Å². The Balaban J connectivity index is 0.00000280. The fourth-order valence-electron chi connectivity index (χ4n) is 3.19. The Morgan fingerprint density at radius 2 is 2.11 bits per heavy atom. The van der Waals surface area contributed by atoms with Gasteiger partial charge in [-0.3, -0.25) is 14.7 Å². The molecule has 3 rings (SSSR count). The van der Waals surface area contributed by atoms with Crippen LogP contribution in [0.3, 0.4) is 0 Å². The predicted molar refractivity (Wildman–Crippen MR) is 109 cm³/mol. The fraction of sp³-hybridized carbons (Fsp3) is 0.421. The highest BCUT2D eigenvalue weighted by Gasteiger charge is 2.26. The molecule has 0 saturated carbocycles. The van der Waals surface area contributed by atoms with E-state index in [1.54, 1.807) is 19.2 Å². The maximum absolute atomic E-state index is 13.0. The van der Waals surface area contributed by atoms with Crippen molar-refractivity contribution in [1.82, 2.24) is 20.4 Å². The first kappa shape index (κ1) is 21.7. The molecule has 1 aromatic heterocycles. The highest BCUT2D eigenvalue weighted by Crippen LogP contribution is 2.23. The first-order chi connectivity index (χ1) is 13.1. The summed E-state index contributed by atoms with van der Waals surface area (Å²) in [7, 11) is 1.55. The summed E-state index contributed by atoms with van der Waals surface area (Å²) in [5.41, 5.74) is 2.87. The van der Waals surface area contributed by atoms with Gasteiger partial charge in [-0.25, -0.2) is 0 Å². The highest BCUT2D eigenvalue weighted by atomic mass is 35.5. The molecule has 3 N–H and O–H groups in total. The van der Waals surface area contributed by atoms with Crippen molar-refractivity contribution in [1.29, 1.82) is 0 Å². The second kappa shape index (κ2) is 10.1. The summed E-state index contributed by atoms with van der Waals surface area (Å²) < 4.78 is 5.25. The van der Waals surface area contributed by atoms with Crippen LogP contribution in [-0.4, -0.2) is 53.7 Å². The number of aromatic nitrogens is 2. The van der Waals surface area contributed by atoms with Crippen LogP contribution in [0.5, 0.6) is 5.75 Å². The van der Waals surface area contributed by atoms with Gasteiger partial charge in [-0.05, 0) is 18.6 Å². The molecular weight excluding hydrogens is 382 g/mol. The van der Waals surface area contributed by atoms with Crippen LogP contribution in [0.2, 0.25) is 0 Å². The minimum Gasteiger partial charge on any atom is -0.495 e. The third-order valence-electron chi connectivity index (χ3n) is 4.51. The first-order valence-corrected chi connectivity index (χ1v) is 9.13. The molecule has 9 heteroatoms. The number of para-hydroxylation sites is 2. The molecule has 28 heavy (non-hydrogen) atoms. The standard InChI is InChI=1S/C19H25N5O3.ClH/c1-3-10-24(12-17(25)21-15-6-4-5-7-16(15)27-2)19(26)18-13-11-20-9-8-14(13)22-23-18;/h4-7,20H,3,8-12H2,1-2H3,(H,21,25)(H,22,23);1H. The van der Waals surface area contributed by atoms with Gasteiger partial charge in [-0.2, -0.15) is 5.10 Å². The summed E-state index contributed by atoms with van der Waals surface area (Å²) >= 11 is 0. The number of aromatic amines is 1. The van der Waals surface area contributed by atoms with Crippen LogP contribution < -0.4 is 15.4 Å². The van der Waals surface area contributed by atoms with E-state index < -0.39 is 0 Å². The lowest BCUT2D eigenvalue weighted by molar-refractivity contribution is -0.116. The molecule has 2 heterocycles. The van der Waals surface area contributed by atoms with Gasteiger partial charge >= 0.3 is 0 Å². The van der Waals surface area contributed by atoms with E-state index in [-0.39, 0.29) is 30.8 Å². The van der Waals surface area contributed by atoms with E-state index in [1.165, 1.54) is 4.90 Å². The van der Waals surface area contributed by atoms with Crippen molar-refractivity contribution >= 4 is 29.9 Å². The van der Waals surface area contributed by atoms with E-state index in [2.05, 4.69) is 20.8 Å². The molecular formula is C19H26ClN5O3. The zero-order valence-electron chi connectivity index (χ0n) is 16.1. The highest BCUT2D eigenvalue weighted by molar-refractivity contribution is 5.99. The number of anilines is 1. The average molecular weight is 408 g/mol. The molecule has 0 atom stereocenters. The number of ether oxygens (including phenoxy) is 1. The maximum atomic E-state index is 13.0. The van der Waals surface area contributed by atoms with Crippen molar-refractivity contribution in [3.8, 4) is 5.75 Å². The van der Waals surface area contributed by atoms with Crippen LogP contribution in [0.1, 0.15) is 35.1 Å². The molecule has 1 aromatic carbocycles. The minimum atomic E-state index is -0.274. The number of nitrogens with one attached hydrogen (secondary N) is 3. The van der Waals surface area contributed by atoms with Gasteiger partial charge in [-0.1, -0.05) is 19.1 Å². The van der Waals surface area contributed by atoms with Gasteiger partial charge in [0.15, 0.2) is 5.69 Å². The Kier molecular flexibility index (Phi) is 7.83. The van der Waals surface area contributed by atoms with Crippen molar-refractivity contribution in [2.75, 3.05) is 32.1 Å². The molecule has 0 saturated heterocycles.